The average molecular weight is 397 g/mol. The van der Waals surface area contributed by atoms with Gasteiger partial charge >= 0.3 is 5.97 Å². The van der Waals surface area contributed by atoms with Gasteiger partial charge in [-0.2, -0.15) is 0 Å². The maximum Gasteiger partial charge on any atom is 0.316 e. The first kappa shape index (κ1) is 17.7. The van der Waals surface area contributed by atoms with Crippen molar-refractivity contribution in [2.75, 3.05) is 12.4 Å². The van der Waals surface area contributed by atoms with Gasteiger partial charge in [-0.3, -0.25) is 14.2 Å². The Labute approximate surface area is 146 Å². The molecule has 0 aliphatic heterocycles. The van der Waals surface area contributed by atoms with E-state index in [9.17, 15) is 9.59 Å². The van der Waals surface area contributed by atoms with E-state index in [0.29, 0.717) is 29.2 Å². The second kappa shape index (κ2) is 7.79. The van der Waals surface area contributed by atoms with Crippen molar-refractivity contribution in [2.24, 2.45) is 0 Å². The maximum atomic E-state index is 12.7. The number of fused-ring (bicyclic) bond motifs is 1. The topological polar surface area (TPSA) is 61.2 Å². The number of carbonyl (C=O) groups excluding carboxylic acids is 1. The van der Waals surface area contributed by atoms with E-state index < -0.39 is 0 Å². The van der Waals surface area contributed by atoms with Crippen molar-refractivity contribution in [3.63, 3.8) is 0 Å². The van der Waals surface area contributed by atoms with Crippen LogP contribution in [-0.4, -0.2) is 27.9 Å². The van der Waals surface area contributed by atoms with Crippen LogP contribution in [0, 0.1) is 0 Å². The summed E-state index contributed by atoms with van der Waals surface area (Å²) in [6, 6.07) is 5.36. The first-order chi connectivity index (χ1) is 10.9. The SMILES string of the molecule is C=C(C)Cn1c(SCC(=O)OCC)nc2ccc(Br)cc2c1=O. The molecule has 0 unspecified atom stereocenters. The van der Waals surface area contributed by atoms with Gasteiger partial charge in [0.1, 0.15) is 0 Å². The molecule has 0 saturated carbocycles. The standard InChI is InChI=1S/C16H17BrN2O3S/c1-4-22-14(20)9-23-16-18-13-6-5-11(17)7-12(13)15(21)19(16)8-10(2)3/h5-7H,2,4,8-9H2,1,3H3. The van der Waals surface area contributed by atoms with Crippen LogP contribution in [0.1, 0.15) is 13.8 Å². The fourth-order valence-corrected chi connectivity index (χ4v) is 3.18. The number of nitrogens with zero attached hydrogens (tertiary/aromatic N) is 2. The van der Waals surface area contributed by atoms with Crippen LogP contribution in [0.3, 0.4) is 0 Å². The van der Waals surface area contributed by atoms with Crippen molar-refractivity contribution >= 4 is 44.6 Å². The van der Waals surface area contributed by atoms with E-state index in [2.05, 4.69) is 27.5 Å². The lowest BCUT2D eigenvalue weighted by Crippen LogP contribution is -2.24. The van der Waals surface area contributed by atoms with Gasteiger partial charge in [0.2, 0.25) is 0 Å². The van der Waals surface area contributed by atoms with Gasteiger partial charge in [0.15, 0.2) is 5.16 Å². The number of allylic oxidation sites excluding steroid dienone is 1. The van der Waals surface area contributed by atoms with E-state index >= 15 is 0 Å². The summed E-state index contributed by atoms with van der Waals surface area (Å²) < 4.78 is 7.28. The number of aromatic nitrogens is 2. The van der Waals surface area contributed by atoms with Crippen molar-refractivity contribution in [3.8, 4) is 0 Å². The Morgan fingerprint density at radius 2 is 2.22 bits per heavy atom. The first-order valence-corrected chi connectivity index (χ1v) is 8.83. The molecular weight excluding hydrogens is 380 g/mol. The summed E-state index contributed by atoms with van der Waals surface area (Å²) in [5, 5.41) is 1.02. The minimum absolute atomic E-state index is 0.110. The zero-order chi connectivity index (χ0) is 17.0. The van der Waals surface area contributed by atoms with E-state index in [1.54, 1.807) is 23.6 Å². The number of esters is 1. The fraction of sp³-hybridized carbons (Fsp3) is 0.312. The van der Waals surface area contributed by atoms with Crippen LogP contribution in [0.15, 0.2) is 44.8 Å². The highest BCUT2D eigenvalue weighted by atomic mass is 79.9. The summed E-state index contributed by atoms with van der Waals surface area (Å²) in [5.41, 5.74) is 1.29. The Hall–Kier alpha value is -1.60. The minimum atomic E-state index is -0.329. The maximum absolute atomic E-state index is 12.7. The molecule has 0 bridgehead atoms. The molecule has 1 aromatic carbocycles. The van der Waals surface area contributed by atoms with Gasteiger partial charge in [-0.15, -0.1) is 0 Å². The number of ether oxygens (including phenoxy) is 1. The van der Waals surface area contributed by atoms with Crippen LogP contribution in [0.5, 0.6) is 0 Å². The van der Waals surface area contributed by atoms with Crippen molar-refractivity contribution in [1.29, 1.82) is 0 Å². The van der Waals surface area contributed by atoms with Crippen LogP contribution in [0.2, 0.25) is 0 Å². The predicted molar refractivity (Wildman–Crippen MR) is 95.9 cm³/mol. The van der Waals surface area contributed by atoms with E-state index in [4.69, 9.17) is 4.74 Å². The largest absolute Gasteiger partial charge is 0.465 e. The normalized spacial score (nSPS) is 10.7. The lowest BCUT2D eigenvalue weighted by molar-refractivity contribution is -0.139. The molecule has 0 amide bonds. The predicted octanol–water partition coefficient (Wildman–Crippen LogP) is 3.39. The molecule has 0 N–H and O–H groups in total. The zero-order valence-corrected chi connectivity index (χ0v) is 15.4. The smallest absolute Gasteiger partial charge is 0.316 e. The van der Waals surface area contributed by atoms with Crippen LogP contribution in [0.25, 0.3) is 10.9 Å². The van der Waals surface area contributed by atoms with Gasteiger partial charge in [0, 0.05) is 11.0 Å². The summed E-state index contributed by atoms with van der Waals surface area (Å²) in [5.74, 6) is -0.220. The average Bonchev–Trinajstić information content (AvgIpc) is 2.49. The number of carbonyl (C=O) groups is 1. The van der Waals surface area contributed by atoms with Crippen LogP contribution < -0.4 is 5.56 Å². The third kappa shape index (κ3) is 4.45. The molecule has 2 rings (SSSR count). The summed E-state index contributed by atoms with van der Waals surface area (Å²) in [4.78, 5) is 28.8. The number of thioether (sulfide) groups is 1. The molecule has 7 heteroatoms. The Morgan fingerprint density at radius 1 is 1.48 bits per heavy atom. The molecule has 0 atom stereocenters. The number of halogens is 1. The number of hydrogen-bond acceptors (Lipinski definition) is 5. The van der Waals surface area contributed by atoms with Gasteiger partial charge in [-0.05, 0) is 32.0 Å². The lowest BCUT2D eigenvalue weighted by atomic mass is 10.2. The summed E-state index contributed by atoms with van der Waals surface area (Å²) in [6.07, 6.45) is 0. The molecule has 1 aromatic heterocycles. The molecule has 0 aliphatic rings. The third-order valence-electron chi connectivity index (χ3n) is 2.93. The first-order valence-electron chi connectivity index (χ1n) is 7.05. The highest BCUT2D eigenvalue weighted by Crippen LogP contribution is 2.21. The number of rotatable bonds is 6. The Balaban J connectivity index is 2.48. The Bertz CT molecular complexity index is 817. The third-order valence-corrected chi connectivity index (χ3v) is 4.38. The van der Waals surface area contributed by atoms with Crippen molar-refractivity contribution in [3.05, 3.63) is 45.2 Å². The van der Waals surface area contributed by atoms with E-state index in [-0.39, 0.29) is 17.3 Å². The van der Waals surface area contributed by atoms with E-state index in [1.165, 1.54) is 11.8 Å². The molecule has 0 spiro atoms. The van der Waals surface area contributed by atoms with Gasteiger partial charge in [0.25, 0.3) is 5.56 Å². The molecule has 0 saturated heterocycles. The van der Waals surface area contributed by atoms with Crippen molar-refractivity contribution in [1.82, 2.24) is 9.55 Å². The van der Waals surface area contributed by atoms with Gasteiger partial charge in [-0.25, -0.2) is 4.98 Å². The summed E-state index contributed by atoms with van der Waals surface area (Å²) in [7, 11) is 0. The Kier molecular flexibility index (Phi) is 6.01. The lowest BCUT2D eigenvalue weighted by Gasteiger charge is -2.13. The van der Waals surface area contributed by atoms with E-state index in [0.717, 1.165) is 10.0 Å². The molecule has 5 nitrogen and oxygen atoms in total. The Morgan fingerprint density at radius 3 is 2.87 bits per heavy atom. The van der Waals surface area contributed by atoms with Crippen LogP contribution in [-0.2, 0) is 16.1 Å². The highest BCUT2D eigenvalue weighted by Gasteiger charge is 2.14. The van der Waals surface area contributed by atoms with Crippen LogP contribution in [0.4, 0.5) is 0 Å². The number of hydrogen-bond donors (Lipinski definition) is 0. The molecule has 0 fully saturated rings. The van der Waals surface area contributed by atoms with Crippen LogP contribution >= 0.6 is 27.7 Å². The summed E-state index contributed by atoms with van der Waals surface area (Å²) in [6.45, 7) is 8.15. The monoisotopic (exact) mass is 396 g/mol. The second-order valence-corrected chi connectivity index (χ2v) is 6.86. The minimum Gasteiger partial charge on any atom is -0.465 e. The zero-order valence-electron chi connectivity index (χ0n) is 13.0. The fourth-order valence-electron chi connectivity index (χ4n) is 2.02. The molecule has 1 heterocycles. The molecular formula is C16H17BrN2O3S. The van der Waals surface area contributed by atoms with Gasteiger partial charge in [-0.1, -0.05) is 39.8 Å². The second-order valence-electron chi connectivity index (χ2n) is 5.00. The van der Waals surface area contributed by atoms with E-state index in [1.807, 2.05) is 13.0 Å². The highest BCUT2D eigenvalue weighted by molar-refractivity contribution is 9.10. The molecule has 0 radical (unpaired) electrons. The molecule has 0 aliphatic carbocycles. The van der Waals surface area contributed by atoms with Gasteiger partial charge in [0.05, 0.1) is 23.3 Å². The molecule has 122 valence electrons. The quantitative estimate of drug-likeness (QED) is 0.324. The van der Waals surface area contributed by atoms with Crippen molar-refractivity contribution in [2.45, 2.75) is 25.5 Å². The molecule has 23 heavy (non-hydrogen) atoms. The molecule has 2 aromatic rings. The van der Waals surface area contributed by atoms with Gasteiger partial charge < -0.3 is 4.74 Å². The summed E-state index contributed by atoms with van der Waals surface area (Å²) >= 11 is 4.56. The van der Waals surface area contributed by atoms with Crippen molar-refractivity contribution < 1.29 is 9.53 Å². The number of benzene rings is 1.